The first-order valence-corrected chi connectivity index (χ1v) is 9.32. The second-order valence-electron chi connectivity index (χ2n) is 4.93. The van der Waals surface area contributed by atoms with Crippen LogP contribution in [0.1, 0.15) is 12.8 Å². The van der Waals surface area contributed by atoms with Gasteiger partial charge in [-0.15, -0.1) is 0 Å². The summed E-state index contributed by atoms with van der Waals surface area (Å²) in [5.74, 6) is 2.08. The molecule has 0 bridgehead atoms. The van der Waals surface area contributed by atoms with Crippen LogP contribution in [0.15, 0.2) is 23.2 Å². The Hall–Kier alpha value is -0.990. The van der Waals surface area contributed by atoms with Crippen molar-refractivity contribution in [1.82, 2.24) is 9.29 Å². The van der Waals surface area contributed by atoms with Gasteiger partial charge in [0.15, 0.2) is 0 Å². The van der Waals surface area contributed by atoms with Gasteiger partial charge < -0.3 is 5.32 Å². The predicted molar refractivity (Wildman–Crippen MR) is 79.6 cm³/mol. The summed E-state index contributed by atoms with van der Waals surface area (Å²) < 4.78 is 36.2. The van der Waals surface area contributed by atoms with Gasteiger partial charge in [0.05, 0.1) is 0 Å². The number of sulfonamides is 1. The molecular weight excluding hydrogens is 298 g/mol. The minimum atomic E-state index is -3.43. The third kappa shape index (κ3) is 3.56. The zero-order chi connectivity index (χ0) is 14.8. The van der Waals surface area contributed by atoms with Crippen LogP contribution in [0.2, 0.25) is 0 Å². The van der Waals surface area contributed by atoms with Crippen molar-refractivity contribution in [2.24, 2.45) is 0 Å². The zero-order valence-corrected chi connectivity index (χ0v) is 13.2. The Morgan fingerprint density at radius 1 is 1.30 bits per heavy atom. The summed E-state index contributed by atoms with van der Waals surface area (Å²) in [4.78, 5) is 4.33. The molecule has 0 spiro atoms. The molecule has 112 valence electrons. The van der Waals surface area contributed by atoms with E-state index in [1.807, 2.05) is 0 Å². The Morgan fingerprint density at radius 2 is 1.95 bits per heavy atom. The topological polar surface area (TPSA) is 79.4 Å². The molecule has 0 saturated carbocycles. The van der Waals surface area contributed by atoms with Crippen LogP contribution < -0.4 is 5.32 Å². The Balaban J connectivity index is 2.04. The molecule has 1 N–H and O–H groups in total. The van der Waals surface area contributed by atoms with Crippen molar-refractivity contribution in [2.45, 2.75) is 23.8 Å². The van der Waals surface area contributed by atoms with E-state index in [2.05, 4.69) is 10.3 Å². The lowest BCUT2D eigenvalue weighted by atomic mass is 10.1. The van der Waals surface area contributed by atoms with Crippen molar-refractivity contribution in [3.05, 3.63) is 18.3 Å². The maximum absolute atomic E-state index is 11.9. The molecule has 6 nitrogen and oxygen atoms in total. The predicted octanol–water partition coefficient (Wildman–Crippen LogP) is 0.655. The first kappa shape index (κ1) is 15.4. The fourth-order valence-electron chi connectivity index (χ4n) is 1.98. The van der Waals surface area contributed by atoms with Gasteiger partial charge in [0.1, 0.15) is 10.7 Å². The lowest BCUT2D eigenvalue weighted by molar-refractivity contribution is 0.520. The lowest BCUT2D eigenvalue weighted by Gasteiger charge is -2.23. The van der Waals surface area contributed by atoms with Crippen LogP contribution in [0.3, 0.4) is 0 Å². The minimum absolute atomic E-state index is 0.179. The zero-order valence-electron chi connectivity index (χ0n) is 11.6. The number of nitrogens with one attached hydrogen (secondary N) is 1. The van der Waals surface area contributed by atoms with Crippen molar-refractivity contribution in [3.8, 4) is 0 Å². The van der Waals surface area contributed by atoms with Crippen molar-refractivity contribution < 1.29 is 12.6 Å². The number of pyridine rings is 1. The number of nitrogens with zero attached hydrogens (tertiary/aromatic N) is 2. The summed E-state index contributed by atoms with van der Waals surface area (Å²) in [6.45, 7) is 0. The number of hydrogen-bond acceptors (Lipinski definition) is 5. The Labute approximate surface area is 122 Å². The largest absolute Gasteiger partial charge is 0.367 e. The molecule has 0 atom stereocenters. The van der Waals surface area contributed by atoms with Crippen LogP contribution in [0, 0.1) is 0 Å². The summed E-state index contributed by atoms with van der Waals surface area (Å²) in [5, 5.41) is 3.26. The third-order valence-corrected chi connectivity index (χ3v) is 6.44. The van der Waals surface area contributed by atoms with Gasteiger partial charge in [-0.05, 0) is 25.0 Å². The Morgan fingerprint density at radius 3 is 2.45 bits per heavy atom. The summed E-state index contributed by atoms with van der Waals surface area (Å²) >= 11 is 0. The quantitative estimate of drug-likeness (QED) is 0.882. The van der Waals surface area contributed by atoms with Crippen molar-refractivity contribution in [2.75, 3.05) is 30.9 Å². The van der Waals surface area contributed by atoms with E-state index in [0.29, 0.717) is 17.3 Å². The van der Waals surface area contributed by atoms with Crippen molar-refractivity contribution in [3.63, 3.8) is 0 Å². The Kier molecular flexibility index (Phi) is 4.77. The number of anilines is 1. The highest BCUT2D eigenvalue weighted by molar-refractivity contribution is 7.89. The molecule has 1 aliphatic rings. The molecule has 1 saturated heterocycles. The molecule has 1 aliphatic heterocycles. The maximum atomic E-state index is 11.9. The van der Waals surface area contributed by atoms with Gasteiger partial charge >= 0.3 is 0 Å². The third-order valence-electron chi connectivity index (χ3n) is 3.25. The molecule has 1 aromatic rings. The standard InChI is InChI=1S/C12H19N3O3S2/c1-15(2)20(17,18)11-3-4-12(13-9-11)14-10-5-7-19(16)8-6-10/h3-4,9-10H,5-8H2,1-2H3,(H,13,14). The van der Waals surface area contributed by atoms with E-state index in [1.54, 1.807) is 12.1 Å². The molecule has 2 heterocycles. The maximum Gasteiger partial charge on any atom is 0.244 e. The molecule has 1 aromatic heterocycles. The van der Waals surface area contributed by atoms with E-state index in [1.165, 1.54) is 20.3 Å². The van der Waals surface area contributed by atoms with Crippen molar-refractivity contribution >= 4 is 26.6 Å². The highest BCUT2D eigenvalue weighted by Gasteiger charge is 2.19. The number of hydrogen-bond donors (Lipinski definition) is 1. The van der Waals surface area contributed by atoms with Gasteiger partial charge in [0.25, 0.3) is 0 Å². The molecule has 8 heteroatoms. The fraction of sp³-hybridized carbons (Fsp3) is 0.583. The van der Waals surface area contributed by atoms with Gasteiger partial charge in [0, 0.05) is 48.6 Å². The highest BCUT2D eigenvalue weighted by Crippen LogP contribution is 2.17. The van der Waals surface area contributed by atoms with Gasteiger partial charge in [-0.25, -0.2) is 17.7 Å². The van der Waals surface area contributed by atoms with E-state index >= 15 is 0 Å². The van der Waals surface area contributed by atoms with E-state index in [0.717, 1.165) is 17.1 Å². The van der Waals surface area contributed by atoms with E-state index in [-0.39, 0.29) is 10.9 Å². The van der Waals surface area contributed by atoms with E-state index < -0.39 is 20.8 Å². The average molecular weight is 317 g/mol. The average Bonchev–Trinajstić information content (AvgIpc) is 2.42. The second-order valence-corrected chi connectivity index (χ2v) is 8.78. The fourth-order valence-corrected chi connectivity index (χ4v) is 4.12. The summed E-state index contributed by atoms with van der Waals surface area (Å²) in [7, 11) is -1.14. The van der Waals surface area contributed by atoms with Crippen LogP contribution in [0.25, 0.3) is 0 Å². The first-order chi connectivity index (χ1) is 9.39. The molecule has 0 amide bonds. The lowest BCUT2D eigenvalue weighted by Crippen LogP contribution is -2.29. The molecule has 2 rings (SSSR count). The Bertz CT molecular complexity index is 574. The number of aromatic nitrogens is 1. The van der Waals surface area contributed by atoms with E-state index in [9.17, 15) is 12.6 Å². The van der Waals surface area contributed by atoms with Crippen LogP contribution >= 0.6 is 0 Å². The summed E-state index contributed by atoms with van der Waals surface area (Å²) in [6.07, 6.45) is 3.07. The van der Waals surface area contributed by atoms with E-state index in [4.69, 9.17) is 0 Å². The number of rotatable bonds is 4. The van der Waals surface area contributed by atoms with Crippen LogP contribution in [-0.4, -0.2) is 53.6 Å². The second kappa shape index (κ2) is 6.19. The molecule has 0 aromatic carbocycles. The minimum Gasteiger partial charge on any atom is -0.367 e. The molecule has 20 heavy (non-hydrogen) atoms. The molecule has 1 fully saturated rings. The molecule has 0 radical (unpaired) electrons. The highest BCUT2D eigenvalue weighted by atomic mass is 32.2. The van der Waals surface area contributed by atoms with Crippen LogP contribution in [0.4, 0.5) is 5.82 Å². The molecular formula is C12H19N3O3S2. The SMILES string of the molecule is CN(C)S(=O)(=O)c1ccc(NC2CCS(=O)CC2)nc1. The summed E-state index contributed by atoms with van der Waals surface area (Å²) in [6, 6.07) is 3.48. The first-order valence-electron chi connectivity index (χ1n) is 6.39. The molecule has 0 unspecified atom stereocenters. The summed E-state index contributed by atoms with van der Waals surface area (Å²) in [5.41, 5.74) is 0. The monoisotopic (exact) mass is 317 g/mol. The normalized spacial score (nSPS) is 23.8. The molecule has 0 aliphatic carbocycles. The van der Waals surface area contributed by atoms with Gasteiger partial charge in [0.2, 0.25) is 10.0 Å². The van der Waals surface area contributed by atoms with Crippen LogP contribution in [0.5, 0.6) is 0 Å². The van der Waals surface area contributed by atoms with Crippen LogP contribution in [-0.2, 0) is 20.8 Å². The van der Waals surface area contributed by atoms with Gasteiger partial charge in [-0.1, -0.05) is 0 Å². The van der Waals surface area contributed by atoms with Crippen molar-refractivity contribution in [1.29, 1.82) is 0 Å². The van der Waals surface area contributed by atoms with Gasteiger partial charge in [-0.2, -0.15) is 0 Å². The smallest absolute Gasteiger partial charge is 0.244 e. The van der Waals surface area contributed by atoms with Gasteiger partial charge in [-0.3, -0.25) is 4.21 Å².